The Hall–Kier alpha value is -2.49. The number of esters is 1. The number of halogens is 2. The van der Waals surface area contributed by atoms with Gasteiger partial charge in [0.25, 0.3) is 0 Å². The maximum atomic E-state index is 12.2. The van der Waals surface area contributed by atoms with Gasteiger partial charge in [0, 0.05) is 0 Å². The van der Waals surface area contributed by atoms with Crippen LogP contribution in [-0.2, 0) is 16.0 Å². The van der Waals surface area contributed by atoms with E-state index in [9.17, 15) is 18.4 Å². The Morgan fingerprint density at radius 3 is 2.70 bits per heavy atom. The van der Waals surface area contributed by atoms with Crippen LogP contribution in [0, 0.1) is 11.3 Å². The lowest BCUT2D eigenvalue weighted by molar-refractivity contribution is -0.142. The first-order valence-corrected chi connectivity index (χ1v) is 5.64. The van der Waals surface area contributed by atoms with Crippen LogP contribution in [0.3, 0.4) is 0 Å². The van der Waals surface area contributed by atoms with E-state index in [2.05, 4.69) is 4.74 Å². The first-order valence-electron chi connectivity index (χ1n) is 5.64. The second kappa shape index (κ2) is 7.19. The summed E-state index contributed by atoms with van der Waals surface area (Å²) in [5.74, 6) is -0.984. The lowest BCUT2D eigenvalue weighted by atomic mass is 10.0. The number of nitrogens with zero attached hydrogens (tertiary/aromatic N) is 1. The molecule has 0 unspecified atom stereocenters. The van der Waals surface area contributed by atoms with Crippen molar-refractivity contribution < 1.29 is 27.8 Å². The maximum absolute atomic E-state index is 12.2. The van der Waals surface area contributed by atoms with E-state index in [1.165, 1.54) is 6.07 Å². The molecule has 0 spiro atoms. The summed E-state index contributed by atoms with van der Waals surface area (Å²) in [6.45, 7) is -1.32. The average molecular weight is 283 g/mol. The van der Waals surface area contributed by atoms with E-state index in [0.717, 1.165) is 6.07 Å². The maximum Gasteiger partial charge on any atom is 0.387 e. The van der Waals surface area contributed by atoms with Crippen molar-refractivity contribution in [3.05, 3.63) is 28.8 Å². The Kier molecular flexibility index (Phi) is 5.59. The van der Waals surface area contributed by atoms with Crippen LogP contribution in [-0.4, -0.2) is 25.5 Å². The average Bonchev–Trinajstić information content (AvgIpc) is 2.39. The molecule has 0 aliphatic heterocycles. The zero-order valence-corrected chi connectivity index (χ0v) is 10.6. The molecule has 7 heteroatoms. The smallest absolute Gasteiger partial charge is 0.387 e. The normalized spacial score (nSPS) is 9.95. The van der Waals surface area contributed by atoms with Gasteiger partial charge in [0.05, 0.1) is 30.2 Å². The lowest BCUT2D eigenvalue weighted by Gasteiger charge is -2.10. The molecule has 106 valence electrons. The highest BCUT2D eigenvalue weighted by atomic mass is 19.3. The largest absolute Gasteiger partial charge is 0.466 e. The molecule has 1 aromatic carbocycles. The summed E-state index contributed by atoms with van der Waals surface area (Å²) < 4.78 is 33.3. The predicted octanol–water partition coefficient (Wildman–Crippen LogP) is 2.08. The number of alkyl halides is 2. The van der Waals surface area contributed by atoms with Gasteiger partial charge in [-0.05, 0) is 24.6 Å². The molecule has 0 aromatic heterocycles. The molecule has 1 aromatic rings. The van der Waals surface area contributed by atoms with Gasteiger partial charge < -0.3 is 9.47 Å². The fourth-order valence-electron chi connectivity index (χ4n) is 1.55. The topological polar surface area (TPSA) is 76.4 Å². The lowest BCUT2D eigenvalue weighted by Crippen LogP contribution is -2.10. The fraction of sp³-hybridized carbons (Fsp3) is 0.308. The monoisotopic (exact) mass is 283 g/mol. The third-order valence-corrected chi connectivity index (χ3v) is 2.34. The van der Waals surface area contributed by atoms with Crippen LogP contribution >= 0.6 is 0 Å². The van der Waals surface area contributed by atoms with Gasteiger partial charge >= 0.3 is 12.6 Å². The van der Waals surface area contributed by atoms with Gasteiger partial charge in [-0.2, -0.15) is 14.0 Å². The summed E-state index contributed by atoms with van der Waals surface area (Å²) in [5, 5.41) is 8.95. The molecule has 0 fully saturated rings. The Balaban J connectivity index is 3.16. The molecule has 0 saturated carbocycles. The van der Waals surface area contributed by atoms with Crippen LogP contribution in [0.1, 0.15) is 28.4 Å². The summed E-state index contributed by atoms with van der Waals surface area (Å²) in [7, 11) is 0. The highest BCUT2D eigenvalue weighted by Crippen LogP contribution is 2.24. The van der Waals surface area contributed by atoms with Crippen molar-refractivity contribution >= 4 is 12.3 Å². The van der Waals surface area contributed by atoms with Crippen LogP contribution in [0.15, 0.2) is 12.1 Å². The number of ether oxygens (including phenoxy) is 2. The second-order valence-corrected chi connectivity index (χ2v) is 3.64. The van der Waals surface area contributed by atoms with E-state index >= 15 is 0 Å². The standard InChI is InChI=1S/C13H11F2NO4/c1-2-19-12(18)5-8-3-10(7-17)11(20-13(14)15)4-9(8)6-16/h3-4,7,13H,2,5H2,1H3. The molecule has 20 heavy (non-hydrogen) atoms. The first kappa shape index (κ1) is 15.6. The highest BCUT2D eigenvalue weighted by molar-refractivity contribution is 5.82. The second-order valence-electron chi connectivity index (χ2n) is 3.64. The summed E-state index contributed by atoms with van der Waals surface area (Å²) >= 11 is 0. The third-order valence-electron chi connectivity index (χ3n) is 2.34. The Bertz CT molecular complexity index is 552. The number of hydrogen-bond acceptors (Lipinski definition) is 5. The van der Waals surface area contributed by atoms with Crippen LogP contribution < -0.4 is 4.74 Å². The van der Waals surface area contributed by atoms with E-state index in [0.29, 0.717) is 6.29 Å². The van der Waals surface area contributed by atoms with E-state index < -0.39 is 18.3 Å². The first-order chi connectivity index (χ1) is 9.51. The summed E-state index contributed by atoms with van der Waals surface area (Å²) in [6.07, 6.45) is 0.0834. The number of carbonyl (C=O) groups is 2. The summed E-state index contributed by atoms with van der Waals surface area (Å²) in [5.41, 5.74) is 0.0255. The molecule has 0 aliphatic carbocycles. The van der Waals surface area contributed by atoms with Gasteiger partial charge in [0.2, 0.25) is 0 Å². The van der Waals surface area contributed by atoms with E-state index in [1.54, 1.807) is 13.0 Å². The summed E-state index contributed by atoms with van der Waals surface area (Å²) in [6, 6.07) is 3.93. The van der Waals surface area contributed by atoms with Gasteiger partial charge in [-0.3, -0.25) is 9.59 Å². The molecule has 0 radical (unpaired) electrons. The molecule has 0 saturated heterocycles. The van der Waals surface area contributed by atoms with Gasteiger partial charge in [0.1, 0.15) is 5.75 Å². The molecule has 0 heterocycles. The highest BCUT2D eigenvalue weighted by Gasteiger charge is 2.16. The minimum absolute atomic E-state index is 0.0284. The van der Waals surface area contributed by atoms with E-state index in [-0.39, 0.29) is 29.7 Å². The number of hydrogen-bond donors (Lipinski definition) is 0. The molecule has 0 atom stereocenters. The Labute approximate surface area is 113 Å². The predicted molar refractivity (Wildman–Crippen MR) is 63.5 cm³/mol. The minimum Gasteiger partial charge on any atom is -0.466 e. The molecule has 5 nitrogen and oxygen atoms in total. The van der Waals surface area contributed by atoms with Crippen LogP contribution in [0.25, 0.3) is 0 Å². The van der Waals surface area contributed by atoms with E-state index in [4.69, 9.17) is 10.00 Å². The number of benzene rings is 1. The molecule has 0 N–H and O–H groups in total. The number of carbonyl (C=O) groups excluding carboxylic acids is 2. The minimum atomic E-state index is -3.11. The third kappa shape index (κ3) is 4.02. The van der Waals surface area contributed by atoms with Crippen LogP contribution in [0.5, 0.6) is 5.75 Å². The van der Waals surface area contributed by atoms with Gasteiger partial charge in [-0.1, -0.05) is 0 Å². The van der Waals surface area contributed by atoms with E-state index in [1.807, 2.05) is 0 Å². The molecule has 0 aliphatic rings. The van der Waals surface area contributed by atoms with Gasteiger partial charge in [0.15, 0.2) is 6.29 Å². The van der Waals surface area contributed by atoms with Gasteiger partial charge in [-0.25, -0.2) is 0 Å². The van der Waals surface area contributed by atoms with Crippen LogP contribution in [0.2, 0.25) is 0 Å². The van der Waals surface area contributed by atoms with Crippen molar-refractivity contribution in [1.82, 2.24) is 0 Å². The Morgan fingerprint density at radius 1 is 1.50 bits per heavy atom. The van der Waals surface area contributed by atoms with Crippen molar-refractivity contribution in [2.75, 3.05) is 6.61 Å². The molecular formula is C13H11F2NO4. The molecular weight excluding hydrogens is 272 g/mol. The van der Waals surface area contributed by atoms with Crippen molar-refractivity contribution in [1.29, 1.82) is 5.26 Å². The van der Waals surface area contributed by atoms with Crippen molar-refractivity contribution in [3.8, 4) is 11.8 Å². The Morgan fingerprint density at radius 2 is 2.20 bits per heavy atom. The molecule has 1 rings (SSSR count). The van der Waals surface area contributed by atoms with Crippen molar-refractivity contribution in [3.63, 3.8) is 0 Å². The zero-order valence-electron chi connectivity index (χ0n) is 10.6. The van der Waals surface area contributed by atoms with Gasteiger partial charge in [-0.15, -0.1) is 0 Å². The number of nitriles is 1. The molecule has 0 bridgehead atoms. The van der Waals surface area contributed by atoms with Crippen molar-refractivity contribution in [2.24, 2.45) is 0 Å². The zero-order chi connectivity index (χ0) is 15.1. The molecule has 0 amide bonds. The number of aldehydes is 1. The van der Waals surface area contributed by atoms with Crippen molar-refractivity contribution in [2.45, 2.75) is 20.0 Å². The van der Waals surface area contributed by atoms with Crippen LogP contribution in [0.4, 0.5) is 8.78 Å². The SMILES string of the molecule is CCOC(=O)Cc1cc(C=O)c(OC(F)F)cc1C#N. The number of rotatable bonds is 6. The fourth-order valence-corrected chi connectivity index (χ4v) is 1.55. The quantitative estimate of drug-likeness (QED) is 0.590. The summed E-state index contributed by atoms with van der Waals surface area (Å²) in [4.78, 5) is 22.2.